The molecule has 0 bridgehead atoms. The lowest BCUT2D eigenvalue weighted by atomic mass is 10.0. The summed E-state index contributed by atoms with van der Waals surface area (Å²) in [5.41, 5.74) is 11.6. The quantitative estimate of drug-likeness (QED) is 0.130. The Labute approximate surface area is 214 Å². The maximum Gasteiger partial charge on any atom is 0.326 e. The van der Waals surface area contributed by atoms with Gasteiger partial charge in [-0.15, -0.1) is 0 Å². The van der Waals surface area contributed by atoms with Crippen LogP contribution in [0.25, 0.3) is 0 Å². The van der Waals surface area contributed by atoms with Crippen LogP contribution in [-0.4, -0.2) is 80.8 Å². The van der Waals surface area contributed by atoms with Crippen molar-refractivity contribution < 1.29 is 29.1 Å². The second-order valence-corrected chi connectivity index (χ2v) is 9.81. The number of aromatic nitrogens is 2. The van der Waals surface area contributed by atoms with Gasteiger partial charge in [0.1, 0.15) is 18.1 Å². The number of hydrogen-bond donors (Lipinski definition) is 7. The Bertz CT molecular complexity index is 880. The maximum absolute atomic E-state index is 13.2. The third-order valence-corrected chi connectivity index (χ3v) is 5.86. The third kappa shape index (κ3) is 11.5. The minimum Gasteiger partial charge on any atom is -0.480 e. The lowest BCUT2D eigenvalue weighted by Crippen LogP contribution is -2.57. The zero-order valence-electron chi connectivity index (χ0n) is 20.8. The molecule has 0 fully saturated rings. The van der Waals surface area contributed by atoms with E-state index in [4.69, 9.17) is 11.5 Å². The van der Waals surface area contributed by atoms with E-state index >= 15 is 0 Å². The van der Waals surface area contributed by atoms with Gasteiger partial charge in [0.25, 0.3) is 0 Å². The van der Waals surface area contributed by atoms with E-state index in [1.165, 1.54) is 24.3 Å². The van der Waals surface area contributed by atoms with Crippen molar-refractivity contribution in [2.24, 2.45) is 17.4 Å². The van der Waals surface area contributed by atoms with Gasteiger partial charge in [0.15, 0.2) is 0 Å². The van der Waals surface area contributed by atoms with E-state index in [1.807, 2.05) is 20.1 Å². The predicted octanol–water partition coefficient (Wildman–Crippen LogP) is -1.12. The van der Waals surface area contributed by atoms with E-state index in [1.54, 1.807) is 0 Å². The Kier molecular flexibility index (Phi) is 13.5. The Morgan fingerprint density at radius 1 is 1.03 bits per heavy atom. The molecule has 14 heteroatoms. The number of carbonyl (C=O) groups is 5. The zero-order chi connectivity index (χ0) is 27.3. The molecule has 0 saturated carbocycles. The number of nitrogens with two attached hydrogens (primary N) is 2. The number of amides is 4. The molecule has 13 nitrogen and oxygen atoms in total. The molecule has 1 aromatic rings. The minimum atomic E-state index is -1.35. The second-order valence-electron chi connectivity index (χ2n) is 8.83. The van der Waals surface area contributed by atoms with Gasteiger partial charge >= 0.3 is 5.97 Å². The largest absolute Gasteiger partial charge is 0.480 e. The van der Waals surface area contributed by atoms with Crippen LogP contribution in [0.2, 0.25) is 0 Å². The zero-order valence-corrected chi connectivity index (χ0v) is 21.6. The van der Waals surface area contributed by atoms with Crippen molar-refractivity contribution in [3.63, 3.8) is 0 Å². The molecule has 0 aliphatic rings. The number of carboxylic acids is 1. The van der Waals surface area contributed by atoms with Gasteiger partial charge in [0, 0.05) is 24.7 Å². The first kappa shape index (κ1) is 30.9. The number of rotatable bonds is 17. The summed E-state index contributed by atoms with van der Waals surface area (Å²) < 4.78 is 0. The highest BCUT2D eigenvalue weighted by Gasteiger charge is 2.30. The van der Waals surface area contributed by atoms with Gasteiger partial charge in [-0.3, -0.25) is 19.2 Å². The highest BCUT2D eigenvalue weighted by atomic mass is 32.2. The van der Waals surface area contributed by atoms with Crippen LogP contribution < -0.4 is 27.4 Å². The van der Waals surface area contributed by atoms with Crippen LogP contribution in [0.4, 0.5) is 0 Å². The summed E-state index contributed by atoms with van der Waals surface area (Å²) in [5.74, 6) is -3.24. The first-order valence-corrected chi connectivity index (χ1v) is 13.0. The van der Waals surface area contributed by atoms with Gasteiger partial charge in [-0.05, 0) is 37.2 Å². The number of primary amides is 1. The number of hydrogen-bond acceptors (Lipinski definition) is 8. The van der Waals surface area contributed by atoms with Crippen LogP contribution in [-0.2, 0) is 30.4 Å². The molecular weight excluding hydrogens is 490 g/mol. The normalized spacial score (nSPS) is 14.4. The molecule has 36 heavy (non-hydrogen) atoms. The number of carbonyl (C=O) groups excluding carboxylic acids is 4. The summed E-state index contributed by atoms with van der Waals surface area (Å²) in [6, 6.07) is -4.32. The lowest BCUT2D eigenvalue weighted by Gasteiger charge is -2.25. The highest BCUT2D eigenvalue weighted by molar-refractivity contribution is 7.98. The van der Waals surface area contributed by atoms with E-state index in [0.29, 0.717) is 17.9 Å². The van der Waals surface area contributed by atoms with E-state index < -0.39 is 53.8 Å². The van der Waals surface area contributed by atoms with Crippen molar-refractivity contribution in [3.8, 4) is 0 Å². The van der Waals surface area contributed by atoms with E-state index in [0.717, 1.165) is 0 Å². The number of aliphatic carboxylic acids is 1. The molecule has 4 atom stereocenters. The van der Waals surface area contributed by atoms with Gasteiger partial charge in [0.2, 0.25) is 23.6 Å². The molecule has 0 aliphatic heterocycles. The summed E-state index contributed by atoms with van der Waals surface area (Å²) in [6.45, 7) is 3.84. The molecule has 4 amide bonds. The first-order valence-electron chi connectivity index (χ1n) is 11.6. The van der Waals surface area contributed by atoms with Gasteiger partial charge < -0.3 is 37.5 Å². The summed E-state index contributed by atoms with van der Waals surface area (Å²) in [6.07, 6.45) is 5.04. The molecular formula is C22H37N7O6S. The van der Waals surface area contributed by atoms with Gasteiger partial charge in [-0.25, -0.2) is 9.78 Å². The second kappa shape index (κ2) is 15.8. The Morgan fingerprint density at radius 3 is 2.17 bits per heavy atom. The molecule has 9 N–H and O–H groups in total. The molecule has 1 rings (SSSR count). The minimum absolute atomic E-state index is 0.0687. The number of carboxylic acid groups (broad SMARTS) is 1. The van der Waals surface area contributed by atoms with Crippen molar-refractivity contribution >= 4 is 41.4 Å². The average molecular weight is 528 g/mol. The van der Waals surface area contributed by atoms with Crippen LogP contribution in [0.15, 0.2) is 12.5 Å². The molecule has 0 aromatic carbocycles. The SMILES string of the molecule is CSCCC(NC(=O)C(Cc1cnc[nH]1)NC(=O)C(N)CC(C)C)C(=O)NC(CCC(N)=O)C(=O)O. The van der Waals surface area contributed by atoms with E-state index in [2.05, 4.69) is 25.9 Å². The first-order chi connectivity index (χ1) is 16.9. The summed E-state index contributed by atoms with van der Waals surface area (Å²) in [7, 11) is 0. The van der Waals surface area contributed by atoms with Crippen molar-refractivity contribution in [3.05, 3.63) is 18.2 Å². The molecule has 202 valence electrons. The molecule has 0 saturated heterocycles. The fourth-order valence-electron chi connectivity index (χ4n) is 3.31. The Balaban J connectivity index is 3.02. The molecule has 1 aromatic heterocycles. The van der Waals surface area contributed by atoms with Crippen LogP contribution >= 0.6 is 11.8 Å². The fourth-order valence-corrected chi connectivity index (χ4v) is 3.78. The summed E-state index contributed by atoms with van der Waals surface area (Å²) in [4.78, 5) is 68.1. The third-order valence-electron chi connectivity index (χ3n) is 5.21. The molecule has 0 spiro atoms. The summed E-state index contributed by atoms with van der Waals surface area (Å²) in [5, 5.41) is 17.0. The van der Waals surface area contributed by atoms with Crippen LogP contribution in [0.5, 0.6) is 0 Å². The van der Waals surface area contributed by atoms with Gasteiger partial charge in [0.05, 0.1) is 12.4 Å². The van der Waals surface area contributed by atoms with Crippen LogP contribution in [0, 0.1) is 5.92 Å². The molecule has 0 aliphatic carbocycles. The van der Waals surface area contributed by atoms with Gasteiger partial charge in [-0.2, -0.15) is 11.8 Å². The van der Waals surface area contributed by atoms with Crippen molar-refractivity contribution in [1.82, 2.24) is 25.9 Å². The Morgan fingerprint density at radius 2 is 1.64 bits per heavy atom. The van der Waals surface area contributed by atoms with Gasteiger partial charge in [-0.1, -0.05) is 13.8 Å². The maximum atomic E-state index is 13.2. The average Bonchev–Trinajstić information content (AvgIpc) is 3.30. The van der Waals surface area contributed by atoms with E-state index in [-0.39, 0.29) is 31.6 Å². The fraction of sp³-hybridized carbons (Fsp3) is 0.636. The molecule has 1 heterocycles. The van der Waals surface area contributed by atoms with Crippen LogP contribution in [0.3, 0.4) is 0 Å². The van der Waals surface area contributed by atoms with Crippen LogP contribution in [0.1, 0.15) is 45.2 Å². The number of imidazole rings is 1. The van der Waals surface area contributed by atoms with Crippen molar-refractivity contribution in [2.75, 3.05) is 12.0 Å². The van der Waals surface area contributed by atoms with Crippen molar-refractivity contribution in [2.45, 2.75) is 70.1 Å². The highest BCUT2D eigenvalue weighted by Crippen LogP contribution is 2.08. The number of thioether (sulfide) groups is 1. The number of H-pyrrole nitrogens is 1. The van der Waals surface area contributed by atoms with Crippen molar-refractivity contribution in [1.29, 1.82) is 0 Å². The topological polar surface area (TPSA) is 222 Å². The van der Waals surface area contributed by atoms with E-state index in [9.17, 15) is 29.1 Å². The predicted molar refractivity (Wildman–Crippen MR) is 135 cm³/mol. The number of nitrogens with zero attached hydrogens (tertiary/aromatic N) is 1. The monoisotopic (exact) mass is 527 g/mol. The smallest absolute Gasteiger partial charge is 0.326 e. The number of nitrogens with one attached hydrogen (secondary N) is 4. The standard InChI is InChI=1S/C22H37N7O6S/c1-12(2)8-14(23)19(31)29-17(9-13-10-25-11-26-13)21(33)27-15(6-7-36-3)20(32)28-16(22(34)35)4-5-18(24)30/h10-12,14-17H,4-9,23H2,1-3H3,(H2,24,30)(H,25,26)(H,27,33)(H,28,32)(H,29,31)(H,34,35). The molecule has 0 radical (unpaired) electrons. The number of aromatic amines is 1. The summed E-state index contributed by atoms with van der Waals surface area (Å²) >= 11 is 1.44. The molecule has 4 unspecified atom stereocenters. The Hall–Kier alpha value is -3.13. The lowest BCUT2D eigenvalue weighted by molar-refractivity contribution is -0.142.